The zero-order chi connectivity index (χ0) is 15.7. The Morgan fingerprint density at radius 1 is 1.25 bits per heavy atom. The first-order valence-electron chi connectivity index (χ1n) is 6.60. The van der Waals surface area contributed by atoms with Gasteiger partial charge in [-0.05, 0) is 24.9 Å². The molecule has 0 aliphatic heterocycles. The van der Waals surface area contributed by atoms with Gasteiger partial charge in [0, 0.05) is 24.8 Å². The fraction of sp³-hybridized carbons (Fsp3) is 0.600. The zero-order valence-electron chi connectivity index (χ0n) is 12.7. The molecule has 0 aromatic carbocycles. The number of carbonyl (C=O) groups excluding carboxylic acids is 2. The van der Waals surface area contributed by atoms with E-state index in [4.69, 9.17) is 9.47 Å². The van der Waals surface area contributed by atoms with Crippen LogP contribution in [0.3, 0.4) is 0 Å². The van der Waals surface area contributed by atoms with E-state index >= 15 is 0 Å². The number of esters is 2. The molecule has 0 rings (SSSR count). The van der Waals surface area contributed by atoms with Gasteiger partial charge in [0.05, 0.1) is 6.61 Å². The summed E-state index contributed by atoms with van der Waals surface area (Å²) in [5.74, 6) is -0.706. The third kappa shape index (κ3) is 7.67. The number of ether oxygens (including phenoxy) is 2. The number of rotatable bonds is 7. The van der Waals surface area contributed by atoms with Gasteiger partial charge in [-0.1, -0.05) is 41.2 Å². The molecular weight excluding hydrogens is 371 g/mol. The Labute approximate surface area is 134 Å². The summed E-state index contributed by atoms with van der Waals surface area (Å²) in [5, 5.41) is 0. The fourth-order valence-electron chi connectivity index (χ4n) is 1.72. The van der Waals surface area contributed by atoms with Gasteiger partial charge in [0.1, 0.15) is 6.10 Å². The molecule has 5 heteroatoms. The first-order chi connectivity index (χ1) is 9.31. The van der Waals surface area contributed by atoms with Gasteiger partial charge in [0.25, 0.3) is 0 Å². The van der Waals surface area contributed by atoms with E-state index in [0.717, 1.165) is 5.57 Å². The quantitative estimate of drug-likeness (QED) is 0.375. The lowest BCUT2D eigenvalue weighted by Crippen LogP contribution is -2.24. The molecule has 0 aromatic rings. The molecular formula is C15H23IO4. The van der Waals surface area contributed by atoms with Gasteiger partial charge in [-0.25, -0.2) is 4.79 Å². The van der Waals surface area contributed by atoms with Crippen molar-refractivity contribution in [2.75, 3.05) is 6.61 Å². The van der Waals surface area contributed by atoms with Crippen LogP contribution in [0, 0.1) is 5.92 Å². The Morgan fingerprint density at radius 2 is 1.85 bits per heavy atom. The highest BCUT2D eigenvalue weighted by atomic mass is 127. The topological polar surface area (TPSA) is 52.6 Å². The highest BCUT2D eigenvalue weighted by molar-refractivity contribution is 14.1. The first-order valence-corrected chi connectivity index (χ1v) is 7.84. The van der Waals surface area contributed by atoms with Crippen LogP contribution in [0.25, 0.3) is 0 Å². The Balaban J connectivity index is 4.93. The lowest BCUT2D eigenvalue weighted by molar-refractivity contribution is -0.147. The molecule has 0 unspecified atom stereocenters. The van der Waals surface area contributed by atoms with Gasteiger partial charge in [-0.15, -0.1) is 0 Å². The Bertz CT molecular complexity index is 399. The van der Waals surface area contributed by atoms with Crippen LogP contribution in [0.1, 0.15) is 41.0 Å². The maximum Gasteiger partial charge on any atom is 0.333 e. The molecule has 0 bridgehead atoms. The molecule has 0 heterocycles. The van der Waals surface area contributed by atoms with Crippen molar-refractivity contribution in [2.24, 2.45) is 5.92 Å². The third-order valence-corrected chi connectivity index (χ3v) is 3.79. The molecule has 0 N–H and O–H groups in total. The average molecular weight is 394 g/mol. The molecule has 114 valence electrons. The van der Waals surface area contributed by atoms with Crippen LogP contribution in [-0.2, 0) is 19.1 Å². The zero-order valence-corrected chi connectivity index (χ0v) is 14.9. The summed E-state index contributed by atoms with van der Waals surface area (Å²) < 4.78 is 12.2. The van der Waals surface area contributed by atoms with Crippen molar-refractivity contribution in [3.8, 4) is 0 Å². The Kier molecular flexibility index (Phi) is 9.54. The van der Waals surface area contributed by atoms with Crippen LogP contribution in [0.5, 0.6) is 0 Å². The van der Waals surface area contributed by atoms with Gasteiger partial charge in [0.15, 0.2) is 0 Å². The molecule has 0 aliphatic rings. The predicted octanol–water partition coefficient (Wildman–Crippen LogP) is 3.79. The van der Waals surface area contributed by atoms with E-state index in [2.05, 4.69) is 22.6 Å². The summed E-state index contributed by atoms with van der Waals surface area (Å²) in [6.45, 7) is 9.13. The lowest BCUT2D eigenvalue weighted by atomic mass is 9.96. The van der Waals surface area contributed by atoms with Crippen molar-refractivity contribution in [3.05, 3.63) is 21.3 Å². The van der Waals surface area contributed by atoms with Crippen molar-refractivity contribution in [1.29, 1.82) is 0 Å². The minimum Gasteiger partial charge on any atom is -0.463 e. The van der Waals surface area contributed by atoms with Gasteiger partial charge in [-0.2, -0.15) is 0 Å². The van der Waals surface area contributed by atoms with Gasteiger partial charge >= 0.3 is 11.9 Å². The van der Waals surface area contributed by atoms with Crippen LogP contribution in [-0.4, -0.2) is 24.6 Å². The summed E-state index contributed by atoms with van der Waals surface area (Å²) in [6, 6.07) is 0. The standard InChI is InChI=1S/C15H23IO4/c1-6-19-15(18)12(4)8-11(3)14(20-13(5)17)7-10(2)9-16/h8-9,11,14H,6-7H2,1-5H3/b10-9+,12-8+/t11-,14-/m1/s1. The van der Waals surface area contributed by atoms with Crippen LogP contribution < -0.4 is 0 Å². The summed E-state index contributed by atoms with van der Waals surface area (Å²) in [5.41, 5.74) is 1.67. The van der Waals surface area contributed by atoms with E-state index in [1.165, 1.54) is 6.92 Å². The van der Waals surface area contributed by atoms with Crippen molar-refractivity contribution < 1.29 is 19.1 Å². The van der Waals surface area contributed by atoms with E-state index in [-0.39, 0.29) is 24.0 Å². The van der Waals surface area contributed by atoms with Gasteiger partial charge in [0.2, 0.25) is 0 Å². The Hall–Kier alpha value is -0.850. The second-order valence-electron chi connectivity index (χ2n) is 4.74. The van der Waals surface area contributed by atoms with Crippen LogP contribution in [0.4, 0.5) is 0 Å². The fourth-order valence-corrected chi connectivity index (χ4v) is 1.98. The average Bonchev–Trinajstić information content (AvgIpc) is 2.37. The number of hydrogen-bond donors (Lipinski definition) is 0. The van der Waals surface area contributed by atoms with Crippen molar-refractivity contribution >= 4 is 34.5 Å². The van der Waals surface area contributed by atoms with E-state index in [1.54, 1.807) is 19.9 Å². The second-order valence-corrected chi connectivity index (χ2v) is 5.36. The molecule has 20 heavy (non-hydrogen) atoms. The van der Waals surface area contributed by atoms with E-state index in [0.29, 0.717) is 18.6 Å². The molecule has 0 aromatic heterocycles. The highest BCUT2D eigenvalue weighted by Gasteiger charge is 2.20. The molecule has 0 fully saturated rings. The third-order valence-electron chi connectivity index (χ3n) is 2.72. The number of halogens is 1. The number of hydrogen-bond acceptors (Lipinski definition) is 4. The molecule has 4 nitrogen and oxygen atoms in total. The minimum atomic E-state index is -0.331. The van der Waals surface area contributed by atoms with Gasteiger partial charge < -0.3 is 9.47 Å². The minimum absolute atomic E-state index is 0.0605. The van der Waals surface area contributed by atoms with E-state index in [9.17, 15) is 9.59 Å². The van der Waals surface area contributed by atoms with Crippen LogP contribution in [0.2, 0.25) is 0 Å². The monoisotopic (exact) mass is 394 g/mol. The number of carbonyl (C=O) groups is 2. The largest absolute Gasteiger partial charge is 0.463 e. The maximum atomic E-state index is 11.6. The van der Waals surface area contributed by atoms with Crippen molar-refractivity contribution in [1.82, 2.24) is 0 Å². The maximum absolute atomic E-state index is 11.6. The molecule has 0 saturated heterocycles. The van der Waals surface area contributed by atoms with E-state index in [1.807, 2.05) is 17.9 Å². The summed E-state index contributed by atoms with van der Waals surface area (Å²) >= 11 is 2.16. The highest BCUT2D eigenvalue weighted by Crippen LogP contribution is 2.20. The van der Waals surface area contributed by atoms with E-state index < -0.39 is 0 Å². The lowest BCUT2D eigenvalue weighted by Gasteiger charge is -2.22. The molecule has 0 saturated carbocycles. The molecule has 0 spiro atoms. The van der Waals surface area contributed by atoms with Gasteiger partial charge in [-0.3, -0.25) is 4.79 Å². The molecule has 2 atom stereocenters. The SMILES string of the molecule is CCOC(=O)/C(C)=C/[C@@H](C)[C@@H](C/C(C)=C/I)OC(C)=O. The van der Waals surface area contributed by atoms with Crippen molar-refractivity contribution in [2.45, 2.75) is 47.1 Å². The van der Waals surface area contributed by atoms with Crippen molar-refractivity contribution in [3.63, 3.8) is 0 Å². The van der Waals surface area contributed by atoms with Crippen LogP contribution in [0.15, 0.2) is 21.3 Å². The second kappa shape index (κ2) is 9.96. The molecule has 0 radical (unpaired) electrons. The summed E-state index contributed by atoms with van der Waals surface area (Å²) in [4.78, 5) is 22.8. The van der Waals surface area contributed by atoms with Crippen LogP contribution >= 0.6 is 22.6 Å². The Morgan fingerprint density at radius 3 is 2.30 bits per heavy atom. The summed E-state index contributed by atoms with van der Waals surface area (Å²) in [6.07, 6.45) is 2.17. The normalized spacial score (nSPS) is 15.5. The molecule has 0 aliphatic carbocycles. The smallest absolute Gasteiger partial charge is 0.333 e. The predicted molar refractivity (Wildman–Crippen MR) is 87.5 cm³/mol. The summed E-state index contributed by atoms with van der Waals surface area (Å²) in [7, 11) is 0. The first kappa shape index (κ1) is 19.1. The molecule has 0 amide bonds.